The van der Waals surface area contributed by atoms with Crippen LogP contribution in [-0.2, 0) is 0 Å². The fourth-order valence-corrected chi connectivity index (χ4v) is 4.43. The number of rotatable bonds is 7. The molecular weight excluding hydrogens is 460 g/mol. The van der Waals surface area contributed by atoms with Crippen molar-refractivity contribution in [2.24, 2.45) is 0 Å². The van der Waals surface area contributed by atoms with Gasteiger partial charge in [0.1, 0.15) is 17.7 Å². The van der Waals surface area contributed by atoms with E-state index >= 15 is 0 Å². The Kier molecular flexibility index (Phi) is 7.36. The highest BCUT2D eigenvalue weighted by molar-refractivity contribution is 6.11. The first-order valence-corrected chi connectivity index (χ1v) is 12.4. The van der Waals surface area contributed by atoms with Gasteiger partial charge in [0.05, 0.1) is 29.3 Å². The van der Waals surface area contributed by atoms with Crippen LogP contribution in [0.5, 0.6) is 5.75 Å². The van der Waals surface area contributed by atoms with Gasteiger partial charge in [-0.3, -0.25) is 19.7 Å². The molecule has 2 aliphatic heterocycles. The monoisotopic (exact) mass is 490 g/mol. The first kappa shape index (κ1) is 23.7. The van der Waals surface area contributed by atoms with E-state index in [0.29, 0.717) is 17.0 Å². The second-order valence-electron chi connectivity index (χ2n) is 8.99. The molecule has 0 saturated carbocycles. The molecule has 0 spiro atoms. The number of carbonyl (C=O) groups is 2. The lowest BCUT2D eigenvalue weighted by Crippen LogP contribution is -2.34. The minimum Gasteiger partial charge on any atom is -0.489 e. The molecule has 2 saturated heterocycles. The van der Waals surface area contributed by atoms with Gasteiger partial charge in [0.2, 0.25) is 0 Å². The number of nitrogens with one attached hydrogen (secondary N) is 4. The number of amides is 2. The molecule has 4 N–H and O–H groups in total. The summed E-state index contributed by atoms with van der Waals surface area (Å²) in [4.78, 5) is 36.6. The fraction of sp³-hybridized carbons (Fsp3) is 0.400. The number of H-pyrrole nitrogens is 1. The first-order valence-electron chi connectivity index (χ1n) is 12.4. The van der Waals surface area contributed by atoms with E-state index in [2.05, 4.69) is 41.0 Å². The number of carbonyl (C=O) groups excluding carboxylic acids is 2. The largest absolute Gasteiger partial charge is 0.489 e. The van der Waals surface area contributed by atoms with Crippen LogP contribution in [0, 0.1) is 0 Å². The molecule has 0 aliphatic carbocycles. The Morgan fingerprint density at radius 3 is 2.61 bits per heavy atom. The lowest BCUT2D eigenvalue weighted by atomic mass is 10.1. The number of hydrogen-bond acceptors (Lipinski definition) is 8. The van der Waals surface area contributed by atoms with E-state index in [4.69, 9.17) is 4.74 Å². The van der Waals surface area contributed by atoms with Crippen molar-refractivity contribution >= 4 is 29.0 Å². The average Bonchev–Trinajstić information content (AvgIpc) is 3.39. The second kappa shape index (κ2) is 11.2. The lowest BCUT2D eigenvalue weighted by Gasteiger charge is -2.27. The van der Waals surface area contributed by atoms with E-state index in [0.717, 1.165) is 44.8 Å². The molecule has 36 heavy (non-hydrogen) atoms. The topological polar surface area (TPSA) is 137 Å². The highest BCUT2D eigenvalue weighted by Gasteiger charge is 2.20. The molecule has 0 atom stereocenters. The number of hydrogen-bond donors (Lipinski definition) is 4. The summed E-state index contributed by atoms with van der Waals surface area (Å²) in [5.74, 6) is 0.571. The van der Waals surface area contributed by atoms with Gasteiger partial charge < -0.3 is 25.6 Å². The SMILES string of the molecule is O=C(Nc1c[nH]nc1C(=O)Nc1ccc(N2CCCCC2)nc1)c1cncc(OC2CCNCC2)c1. The van der Waals surface area contributed by atoms with E-state index in [-0.39, 0.29) is 17.5 Å². The molecule has 2 amide bonds. The third-order valence-electron chi connectivity index (χ3n) is 6.35. The molecule has 5 heterocycles. The van der Waals surface area contributed by atoms with Crippen LogP contribution in [0.2, 0.25) is 0 Å². The average molecular weight is 491 g/mol. The summed E-state index contributed by atoms with van der Waals surface area (Å²) in [6, 6.07) is 5.37. The van der Waals surface area contributed by atoms with Gasteiger partial charge in [0.25, 0.3) is 11.8 Å². The van der Waals surface area contributed by atoms with Crippen molar-refractivity contribution in [3.8, 4) is 5.75 Å². The van der Waals surface area contributed by atoms with Crippen LogP contribution in [-0.4, -0.2) is 64.3 Å². The van der Waals surface area contributed by atoms with Crippen LogP contribution in [0.25, 0.3) is 0 Å². The fourth-order valence-electron chi connectivity index (χ4n) is 4.43. The van der Waals surface area contributed by atoms with Gasteiger partial charge in [-0.05, 0) is 63.4 Å². The number of nitrogens with zero attached hydrogens (tertiary/aromatic N) is 4. The maximum atomic E-state index is 12.9. The molecule has 11 heteroatoms. The van der Waals surface area contributed by atoms with Gasteiger partial charge in [-0.1, -0.05) is 0 Å². The Morgan fingerprint density at radius 1 is 1.00 bits per heavy atom. The summed E-state index contributed by atoms with van der Waals surface area (Å²) in [5.41, 5.74) is 1.21. The van der Waals surface area contributed by atoms with Crippen molar-refractivity contribution in [2.75, 3.05) is 41.7 Å². The number of piperidine rings is 2. The zero-order valence-corrected chi connectivity index (χ0v) is 20.0. The summed E-state index contributed by atoms with van der Waals surface area (Å²) in [6.45, 7) is 3.81. The third kappa shape index (κ3) is 5.80. The van der Waals surface area contributed by atoms with E-state index in [1.54, 1.807) is 18.5 Å². The predicted octanol–water partition coefficient (Wildman–Crippen LogP) is 2.83. The van der Waals surface area contributed by atoms with Gasteiger partial charge >= 0.3 is 0 Å². The Labute approximate surface area is 209 Å². The summed E-state index contributed by atoms with van der Waals surface area (Å²) < 4.78 is 5.98. The van der Waals surface area contributed by atoms with E-state index in [9.17, 15) is 9.59 Å². The van der Waals surface area contributed by atoms with Crippen LogP contribution >= 0.6 is 0 Å². The molecule has 3 aromatic rings. The summed E-state index contributed by atoms with van der Waals surface area (Å²) in [6.07, 6.45) is 11.6. The molecule has 11 nitrogen and oxygen atoms in total. The quantitative estimate of drug-likeness (QED) is 0.397. The molecule has 2 fully saturated rings. The minimum atomic E-state index is -0.458. The van der Waals surface area contributed by atoms with Gasteiger partial charge in [-0.15, -0.1) is 0 Å². The number of pyridine rings is 2. The molecule has 0 bridgehead atoms. The summed E-state index contributed by atoms with van der Waals surface area (Å²) in [7, 11) is 0. The molecular formula is C25H30N8O3. The van der Waals surface area contributed by atoms with E-state index in [1.165, 1.54) is 31.7 Å². The molecule has 5 rings (SSSR count). The van der Waals surface area contributed by atoms with Crippen LogP contribution in [0.4, 0.5) is 17.2 Å². The second-order valence-corrected chi connectivity index (χ2v) is 8.99. The van der Waals surface area contributed by atoms with Crippen molar-refractivity contribution in [2.45, 2.75) is 38.2 Å². The van der Waals surface area contributed by atoms with Crippen molar-refractivity contribution in [3.05, 3.63) is 54.2 Å². The molecule has 0 radical (unpaired) electrons. The van der Waals surface area contributed by atoms with Crippen LogP contribution in [0.1, 0.15) is 53.0 Å². The van der Waals surface area contributed by atoms with E-state index < -0.39 is 11.8 Å². The van der Waals surface area contributed by atoms with Crippen molar-refractivity contribution in [1.82, 2.24) is 25.5 Å². The van der Waals surface area contributed by atoms with Gasteiger partial charge in [-0.25, -0.2) is 4.98 Å². The molecule has 0 aromatic carbocycles. The number of aromatic nitrogens is 4. The van der Waals surface area contributed by atoms with Crippen molar-refractivity contribution in [1.29, 1.82) is 0 Å². The number of ether oxygens (including phenoxy) is 1. The maximum Gasteiger partial charge on any atom is 0.278 e. The maximum absolute atomic E-state index is 12.9. The third-order valence-corrected chi connectivity index (χ3v) is 6.35. The first-order chi connectivity index (χ1) is 17.7. The molecule has 0 unspecified atom stereocenters. The standard InChI is InChI=1S/C25H30N8O3/c34-24(17-12-20(15-27-13-17)36-19-6-8-26-9-7-19)31-21-16-29-32-23(21)25(35)30-18-4-5-22(28-14-18)33-10-2-1-3-11-33/h4-5,12-16,19,26H,1-3,6-11H2,(H,29,32)(H,30,35)(H,31,34). The molecule has 3 aromatic heterocycles. The Bertz CT molecular complexity index is 1180. The summed E-state index contributed by atoms with van der Waals surface area (Å²) in [5, 5.41) is 15.5. The van der Waals surface area contributed by atoms with Crippen LogP contribution in [0.3, 0.4) is 0 Å². The Balaban J connectivity index is 1.20. The van der Waals surface area contributed by atoms with E-state index in [1.807, 2.05) is 12.1 Å². The van der Waals surface area contributed by atoms with Crippen molar-refractivity contribution in [3.63, 3.8) is 0 Å². The zero-order chi connectivity index (χ0) is 24.7. The smallest absolute Gasteiger partial charge is 0.278 e. The number of anilines is 3. The highest BCUT2D eigenvalue weighted by Crippen LogP contribution is 2.21. The van der Waals surface area contributed by atoms with Gasteiger partial charge in [0.15, 0.2) is 5.69 Å². The Morgan fingerprint density at radius 2 is 1.83 bits per heavy atom. The normalized spacial score (nSPS) is 16.4. The Hall–Kier alpha value is -3.99. The number of aromatic amines is 1. The molecule has 2 aliphatic rings. The highest BCUT2D eigenvalue weighted by atomic mass is 16.5. The predicted molar refractivity (Wildman–Crippen MR) is 136 cm³/mol. The summed E-state index contributed by atoms with van der Waals surface area (Å²) >= 11 is 0. The van der Waals surface area contributed by atoms with Gasteiger partial charge in [-0.2, -0.15) is 5.10 Å². The van der Waals surface area contributed by atoms with Crippen LogP contribution in [0.15, 0.2) is 43.0 Å². The minimum absolute atomic E-state index is 0.0681. The van der Waals surface area contributed by atoms with Crippen molar-refractivity contribution < 1.29 is 14.3 Å². The van der Waals surface area contributed by atoms with Gasteiger partial charge in [0, 0.05) is 25.5 Å². The van der Waals surface area contributed by atoms with Crippen LogP contribution < -0.4 is 25.6 Å². The molecule has 188 valence electrons. The zero-order valence-electron chi connectivity index (χ0n) is 20.0. The lowest BCUT2D eigenvalue weighted by molar-refractivity contribution is 0.102.